The molecule has 0 spiro atoms. The van der Waals surface area contributed by atoms with Crippen LogP contribution in [0.5, 0.6) is 0 Å². The first-order valence-corrected chi connectivity index (χ1v) is 27.0. The topological polar surface area (TPSA) is 102 Å². The fraction of sp³-hybridized carbons (Fsp3) is 0.444. The van der Waals surface area contributed by atoms with Crippen molar-refractivity contribution in [1.82, 2.24) is 19.8 Å². The highest BCUT2D eigenvalue weighted by Crippen LogP contribution is 2.40. The molecule has 372 valence electrons. The minimum Gasteiger partial charge on any atom is -0.379 e. The molecular formula is C54H66Cl4N4O6S. The van der Waals surface area contributed by atoms with E-state index >= 15 is 0 Å². The standard InChI is InChI=1S/C54H66Cl4N4O6S/c1-61-35-49(47-30-44(55)32-53(57)51(47)37-61)42-11-5-9-40(28-42)10-7-21-66-25-26-67-22-18-59-34-41-16-14-39(15-17-41)8-3-4-20-65-24-27-68-23-19-60-69(63,64)46-13-6-12-43(29-46)50-36-62(2)38-52-48(50)31-45(56)33-54(52)58/h5-6,9,11-17,28-33,49-50,59-60H,3-4,7-8,10,18-27,34-38H2,1-2H3. The average Bonchev–Trinajstić information content (AvgIpc) is 3.33. The van der Waals surface area contributed by atoms with Gasteiger partial charge >= 0.3 is 0 Å². The summed E-state index contributed by atoms with van der Waals surface area (Å²) < 4.78 is 52.1. The SMILES string of the molecule is CN1Cc2c(Cl)cc(Cl)cc2C(c2cccc(CCCOCCOCCNCc3ccc(CCCCOCCOCCNS(=O)(=O)c4cccc(C5CN(C)Cc6c(Cl)cc(Cl)cc65)c4)cc3)c2)C1. The molecule has 7 rings (SSSR count). The highest BCUT2D eigenvalue weighted by atomic mass is 35.5. The van der Waals surface area contributed by atoms with Gasteiger partial charge in [0.1, 0.15) is 0 Å². The molecular weight excluding hydrogens is 974 g/mol. The van der Waals surface area contributed by atoms with Crippen molar-refractivity contribution in [1.29, 1.82) is 0 Å². The molecule has 0 aliphatic carbocycles. The lowest BCUT2D eigenvalue weighted by Gasteiger charge is -2.33. The lowest BCUT2D eigenvalue weighted by atomic mass is 9.84. The van der Waals surface area contributed by atoms with E-state index in [0.717, 1.165) is 86.5 Å². The minimum atomic E-state index is -3.73. The van der Waals surface area contributed by atoms with Crippen LogP contribution in [0.15, 0.2) is 102 Å². The summed E-state index contributed by atoms with van der Waals surface area (Å²) in [5.74, 6) is 0.184. The summed E-state index contributed by atoms with van der Waals surface area (Å²) in [6.07, 6.45) is 4.89. The van der Waals surface area contributed by atoms with E-state index < -0.39 is 10.0 Å². The first kappa shape index (κ1) is 53.7. The third-order valence-corrected chi connectivity index (χ3v) is 15.3. The number of aryl methyl sites for hydroxylation is 2. The maximum Gasteiger partial charge on any atom is 0.240 e. The molecule has 2 aliphatic heterocycles. The van der Waals surface area contributed by atoms with Crippen LogP contribution in [0.25, 0.3) is 0 Å². The summed E-state index contributed by atoms with van der Waals surface area (Å²) in [7, 11) is 0.440. The molecule has 5 aromatic carbocycles. The fourth-order valence-electron chi connectivity index (χ4n) is 9.21. The predicted molar refractivity (Wildman–Crippen MR) is 280 cm³/mol. The van der Waals surface area contributed by atoms with Gasteiger partial charge in [0.15, 0.2) is 0 Å². The number of hydrogen-bond donors (Lipinski definition) is 2. The zero-order chi connectivity index (χ0) is 48.6. The average molecular weight is 1040 g/mol. The summed E-state index contributed by atoms with van der Waals surface area (Å²) in [5.41, 5.74) is 10.5. The number of halogens is 4. The maximum atomic E-state index is 13.2. The van der Waals surface area contributed by atoms with E-state index in [1.54, 1.807) is 24.3 Å². The molecule has 15 heteroatoms. The molecule has 0 saturated carbocycles. The largest absolute Gasteiger partial charge is 0.379 e. The molecule has 2 unspecified atom stereocenters. The van der Waals surface area contributed by atoms with Gasteiger partial charge in [-0.3, -0.25) is 0 Å². The van der Waals surface area contributed by atoms with Crippen LogP contribution < -0.4 is 10.0 Å². The normalized spacial score (nSPS) is 16.4. The van der Waals surface area contributed by atoms with Gasteiger partial charge in [0, 0.05) is 91.0 Å². The van der Waals surface area contributed by atoms with Crippen molar-refractivity contribution in [3.63, 3.8) is 0 Å². The number of likely N-dealkylation sites (N-methyl/N-ethyl adjacent to an activating group) is 2. The van der Waals surface area contributed by atoms with Crippen LogP contribution in [0, 0.1) is 0 Å². The molecule has 2 atom stereocenters. The van der Waals surface area contributed by atoms with E-state index in [2.05, 4.69) is 81.5 Å². The van der Waals surface area contributed by atoms with Crippen LogP contribution in [-0.4, -0.2) is 111 Å². The van der Waals surface area contributed by atoms with Gasteiger partial charge in [-0.15, -0.1) is 0 Å². The number of rotatable bonds is 27. The van der Waals surface area contributed by atoms with E-state index in [0.29, 0.717) is 67.9 Å². The Morgan fingerprint density at radius 2 is 1.07 bits per heavy atom. The van der Waals surface area contributed by atoms with Gasteiger partial charge in [0.2, 0.25) is 10.0 Å². The van der Waals surface area contributed by atoms with Crippen molar-refractivity contribution in [3.05, 3.63) is 167 Å². The second-order valence-electron chi connectivity index (χ2n) is 18.1. The number of ether oxygens (including phenoxy) is 4. The van der Waals surface area contributed by atoms with Crippen LogP contribution in [0.1, 0.15) is 81.2 Å². The number of nitrogens with one attached hydrogen (secondary N) is 2. The molecule has 0 aromatic heterocycles. The minimum absolute atomic E-state index is 0.0549. The number of fused-ring (bicyclic) bond motifs is 2. The molecule has 2 aliphatic rings. The van der Waals surface area contributed by atoms with Crippen molar-refractivity contribution in [2.45, 2.75) is 68.5 Å². The Morgan fingerprint density at radius 1 is 0.551 bits per heavy atom. The fourth-order valence-corrected chi connectivity index (χ4v) is 11.4. The Balaban J connectivity index is 0.668. The Hall–Kier alpha value is -3.11. The summed E-state index contributed by atoms with van der Waals surface area (Å²) in [5, 5.41) is 6.09. The first-order chi connectivity index (χ1) is 33.4. The van der Waals surface area contributed by atoms with Crippen molar-refractivity contribution in [3.8, 4) is 0 Å². The molecule has 0 bridgehead atoms. The van der Waals surface area contributed by atoms with Gasteiger partial charge in [-0.05, 0) is 133 Å². The Kier molecular flexibility index (Phi) is 21.1. The predicted octanol–water partition coefficient (Wildman–Crippen LogP) is 10.5. The quantitative estimate of drug-likeness (QED) is 0.0498. The molecule has 0 radical (unpaired) electrons. The molecule has 0 saturated heterocycles. The lowest BCUT2D eigenvalue weighted by molar-refractivity contribution is 0.0480. The van der Waals surface area contributed by atoms with Crippen molar-refractivity contribution in [2.75, 3.05) is 93.1 Å². The molecule has 2 heterocycles. The molecule has 2 N–H and O–H groups in total. The van der Waals surface area contributed by atoms with Crippen molar-refractivity contribution >= 4 is 56.4 Å². The summed E-state index contributed by atoms with van der Waals surface area (Å²) >= 11 is 25.9. The van der Waals surface area contributed by atoms with Crippen molar-refractivity contribution in [2.24, 2.45) is 0 Å². The Bertz CT molecular complexity index is 2530. The van der Waals surface area contributed by atoms with Crippen LogP contribution in [0.2, 0.25) is 20.1 Å². The number of sulfonamides is 1. The highest BCUT2D eigenvalue weighted by molar-refractivity contribution is 7.89. The molecule has 0 amide bonds. The Morgan fingerprint density at radius 3 is 1.70 bits per heavy atom. The highest BCUT2D eigenvalue weighted by Gasteiger charge is 2.29. The summed E-state index contributed by atoms with van der Waals surface area (Å²) in [6.45, 7) is 9.20. The zero-order valence-corrected chi connectivity index (χ0v) is 43.6. The maximum absolute atomic E-state index is 13.2. The van der Waals surface area contributed by atoms with E-state index in [1.165, 1.54) is 33.4 Å². The second kappa shape index (κ2) is 27.1. The zero-order valence-electron chi connectivity index (χ0n) is 39.8. The van der Waals surface area contributed by atoms with Crippen molar-refractivity contribution < 1.29 is 27.4 Å². The third-order valence-electron chi connectivity index (χ3n) is 12.7. The van der Waals surface area contributed by atoms with Gasteiger partial charge in [-0.1, -0.05) is 107 Å². The third kappa shape index (κ3) is 16.2. The number of nitrogens with zero attached hydrogens (tertiary/aromatic N) is 2. The van der Waals surface area contributed by atoms with Gasteiger partial charge < -0.3 is 34.1 Å². The van der Waals surface area contributed by atoms with Crippen LogP contribution in [-0.2, 0) is 61.4 Å². The molecule has 5 aromatic rings. The molecule has 10 nitrogen and oxygen atoms in total. The van der Waals surface area contributed by atoms with E-state index in [-0.39, 0.29) is 29.9 Å². The smallest absolute Gasteiger partial charge is 0.240 e. The Labute approximate surface area is 429 Å². The van der Waals surface area contributed by atoms with Gasteiger partial charge in [-0.25, -0.2) is 13.1 Å². The second-order valence-corrected chi connectivity index (χ2v) is 21.6. The van der Waals surface area contributed by atoms with E-state index in [1.807, 2.05) is 25.2 Å². The lowest BCUT2D eigenvalue weighted by Crippen LogP contribution is -2.31. The number of hydrogen-bond acceptors (Lipinski definition) is 9. The summed E-state index contributed by atoms with van der Waals surface area (Å²) in [6, 6.07) is 32.3. The van der Waals surface area contributed by atoms with Crippen LogP contribution >= 0.6 is 46.4 Å². The van der Waals surface area contributed by atoms with Gasteiger partial charge in [0.25, 0.3) is 0 Å². The van der Waals surface area contributed by atoms with E-state index in [9.17, 15) is 8.42 Å². The molecule has 69 heavy (non-hydrogen) atoms. The number of unbranched alkanes of at least 4 members (excludes halogenated alkanes) is 1. The first-order valence-electron chi connectivity index (χ1n) is 24.0. The van der Waals surface area contributed by atoms with Gasteiger partial charge in [-0.2, -0.15) is 0 Å². The van der Waals surface area contributed by atoms with Crippen LogP contribution in [0.3, 0.4) is 0 Å². The van der Waals surface area contributed by atoms with Crippen LogP contribution in [0.4, 0.5) is 0 Å². The van der Waals surface area contributed by atoms with E-state index in [4.69, 9.17) is 65.4 Å². The monoisotopic (exact) mass is 1040 g/mol. The van der Waals surface area contributed by atoms with Gasteiger partial charge in [0.05, 0.1) is 44.5 Å². The number of benzene rings is 5. The molecule has 0 fully saturated rings. The summed E-state index contributed by atoms with van der Waals surface area (Å²) in [4.78, 5) is 4.72.